The molecule has 0 aromatic carbocycles. The van der Waals surface area contributed by atoms with E-state index in [9.17, 15) is 14.4 Å². The van der Waals surface area contributed by atoms with Crippen LogP contribution in [-0.2, 0) is 14.3 Å². The van der Waals surface area contributed by atoms with E-state index in [0.29, 0.717) is 0 Å². The van der Waals surface area contributed by atoms with Gasteiger partial charge >= 0.3 is 12.0 Å². The van der Waals surface area contributed by atoms with Gasteiger partial charge in [0.2, 0.25) is 0 Å². The van der Waals surface area contributed by atoms with Crippen LogP contribution in [0.1, 0.15) is 41.0 Å². The number of ether oxygens (including phenoxy) is 1. The molecule has 0 aliphatic rings. The maximum absolute atomic E-state index is 11.6. The minimum Gasteiger partial charge on any atom is -0.452 e. The van der Waals surface area contributed by atoms with Crippen molar-refractivity contribution in [1.29, 1.82) is 0 Å². The van der Waals surface area contributed by atoms with Crippen molar-refractivity contribution < 1.29 is 19.1 Å². The third kappa shape index (κ3) is 6.88. The topological polar surface area (TPSA) is 98.5 Å². The SMILES string of the molecule is CC(C)[C@H](OC(=O)CC(C)(C)C)C(=O)NC(N)=O. The number of nitrogens with two attached hydrogens (primary N) is 1. The first kappa shape index (κ1) is 16.4. The van der Waals surface area contributed by atoms with Crippen molar-refractivity contribution in [3.63, 3.8) is 0 Å². The maximum Gasteiger partial charge on any atom is 0.318 e. The first-order valence-electron chi connectivity index (χ1n) is 5.82. The summed E-state index contributed by atoms with van der Waals surface area (Å²) in [4.78, 5) is 33.9. The maximum atomic E-state index is 11.6. The lowest BCUT2D eigenvalue weighted by Gasteiger charge is -2.22. The van der Waals surface area contributed by atoms with Crippen molar-refractivity contribution in [1.82, 2.24) is 5.32 Å². The lowest BCUT2D eigenvalue weighted by atomic mass is 9.92. The number of primary amides is 1. The number of imide groups is 1. The molecule has 0 bridgehead atoms. The van der Waals surface area contributed by atoms with Crippen LogP contribution in [0.4, 0.5) is 4.79 Å². The summed E-state index contributed by atoms with van der Waals surface area (Å²) >= 11 is 0. The van der Waals surface area contributed by atoms with Gasteiger partial charge in [-0.1, -0.05) is 34.6 Å². The standard InChI is InChI=1S/C12H22N2O4/c1-7(2)9(10(16)14-11(13)17)18-8(15)6-12(3,4)5/h7,9H,6H2,1-5H3,(H3,13,14,16,17)/t9-/m0/s1. The Balaban J connectivity index is 4.59. The number of nitrogens with one attached hydrogen (secondary N) is 1. The summed E-state index contributed by atoms with van der Waals surface area (Å²) in [6, 6.07) is -0.961. The van der Waals surface area contributed by atoms with E-state index in [1.807, 2.05) is 26.1 Å². The zero-order chi connectivity index (χ0) is 14.5. The Morgan fingerprint density at radius 3 is 2.06 bits per heavy atom. The van der Waals surface area contributed by atoms with Crippen LogP contribution in [0, 0.1) is 11.3 Å². The largest absolute Gasteiger partial charge is 0.452 e. The van der Waals surface area contributed by atoms with Crippen LogP contribution in [0.15, 0.2) is 0 Å². The van der Waals surface area contributed by atoms with Gasteiger partial charge in [0.1, 0.15) is 0 Å². The van der Waals surface area contributed by atoms with E-state index in [1.54, 1.807) is 13.8 Å². The molecule has 0 radical (unpaired) electrons. The fraction of sp³-hybridized carbons (Fsp3) is 0.750. The first-order valence-corrected chi connectivity index (χ1v) is 5.82. The molecule has 0 rings (SSSR count). The van der Waals surface area contributed by atoms with Gasteiger partial charge in [0.05, 0.1) is 6.42 Å². The average Bonchev–Trinajstić information content (AvgIpc) is 2.09. The van der Waals surface area contributed by atoms with Crippen LogP contribution in [0.2, 0.25) is 0 Å². The van der Waals surface area contributed by atoms with Crippen molar-refractivity contribution in [2.24, 2.45) is 17.1 Å². The van der Waals surface area contributed by atoms with Gasteiger partial charge in [-0.25, -0.2) is 4.79 Å². The van der Waals surface area contributed by atoms with Crippen molar-refractivity contribution >= 4 is 17.9 Å². The highest BCUT2D eigenvalue weighted by molar-refractivity contribution is 5.96. The second-order valence-corrected chi connectivity index (χ2v) is 5.75. The summed E-state index contributed by atoms with van der Waals surface area (Å²) < 4.78 is 5.09. The normalized spacial score (nSPS) is 13.0. The fourth-order valence-electron chi connectivity index (χ4n) is 1.30. The minimum absolute atomic E-state index is 0.195. The molecule has 3 N–H and O–H groups in total. The Bertz CT molecular complexity index is 331. The van der Waals surface area contributed by atoms with E-state index in [4.69, 9.17) is 10.5 Å². The number of carbonyl (C=O) groups is 3. The molecule has 0 saturated heterocycles. The summed E-state index contributed by atoms with van der Waals surface area (Å²) in [5.41, 5.74) is 4.63. The summed E-state index contributed by atoms with van der Waals surface area (Å²) in [5, 5.41) is 1.92. The van der Waals surface area contributed by atoms with Crippen LogP contribution in [0.5, 0.6) is 0 Å². The number of urea groups is 1. The molecular formula is C12H22N2O4. The lowest BCUT2D eigenvalue weighted by molar-refractivity contribution is -0.159. The molecule has 0 saturated carbocycles. The quantitative estimate of drug-likeness (QED) is 0.740. The highest BCUT2D eigenvalue weighted by Gasteiger charge is 2.28. The second kappa shape index (κ2) is 6.37. The third-order valence-corrected chi connectivity index (χ3v) is 2.04. The zero-order valence-corrected chi connectivity index (χ0v) is 11.6. The smallest absolute Gasteiger partial charge is 0.318 e. The molecule has 0 aliphatic heterocycles. The fourth-order valence-corrected chi connectivity index (χ4v) is 1.30. The summed E-state index contributed by atoms with van der Waals surface area (Å²) in [6.07, 6.45) is -0.813. The molecular weight excluding hydrogens is 236 g/mol. The number of carbonyl (C=O) groups excluding carboxylic acids is 3. The van der Waals surface area contributed by atoms with E-state index in [-0.39, 0.29) is 17.8 Å². The molecule has 0 spiro atoms. The molecule has 1 atom stereocenters. The third-order valence-electron chi connectivity index (χ3n) is 2.04. The molecule has 104 valence electrons. The number of amides is 3. The Kier molecular flexibility index (Phi) is 5.81. The van der Waals surface area contributed by atoms with Gasteiger partial charge < -0.3 is 10.5 Å². The number of esters is 1. The van der Waals surface area contributed by atoms with Crippen molar-refractivity contribution in [3.05, 3.63) is 0 Å². The molecule has 0 aliphatic carbocycles. The molecule has 6 heteroatoms. The van der Waals surface area contributed by atoms with Gasteiger partial charge in [-0.15, -0.1) is 0 Å². The number of rotatable bonds is 4. The lowest BCUT2D eigenvalue weighted by Crippen LogP contribution is -2.45. The predicted molar refractivity (Wildman–Crippen MR) is 66.5 cm³/mol. The second-order valence-electron chi connectivity index (χ2n) is 5.75. The van der Waals surface area contributed by atoms with E-state index in [1.165, 1.54) is 0 Å². The van der Waals surface area contributed by atoms with Gasteiger partial charge in [-0.2, -0.15) is 0 Å². The number of hydrogen-bond acceptors (Lipinski definition) is 4. The molecule has 0 aromatic rings. The van der Waals surface area contributed by atoms with Crippen LogP contribution >= 0.6 is 0 Å². The van der Waals surface area contributed by atoms with Crippen molar-refractivity contribution in [3.8, 4) is 0 Å². The van der Waals surface area contributed by atoms with Crippen LogP contribution < -0.4 is 11.1 Å². The van der Waals surface area contributed by atoms with Crippen molar-refractivity contribution in [2.75, 3.05) is 0 Å². The van der Waals surface area contributed by atoms with E-state index < -0.39 is 24.0 Å². The van der Waals surface area contributed by atoms with Crippen molar-refractivity contribution in [2.45, 2.75) is 47.1 Å². The first-order chi connectivity index (χ1) is 8.03. The van der Waals surface area contributed by atoms with Gasteiger partial charge in [-0.05, 0) is 11.3 Å². The molecule has 0 unspecified atom stereocenters. The molecule has 0 aromatic heterocycles. The van der Waals surface area contributed by atoms with Gasteiger partial charge in [0.15, 0.2) is 6.10 Å². The molecule has 3 amide bonds. The number of hydrogen-bond donors (Lipinski definition) is 2. The molecule has 18 heavy (non-hydrogen) atoms. The predicted octanol–water partition coefficient (Wildman–Crippen LogP) is 1.19. The Hall–Kier alpha value is -1.59. The van der Waals surface area contributed by atoms with Crippen LogP contribution in [-0.4, -0.2) is 24.0 Å². The van der Waals surface area contributed by atoms with Gasteiger partial charge in [-0.3, -0.25) is 14.9 Å². The summed E-state index contributed by atoms with van der Waals surface area (Å²) in [5.74, 6) is -1.41. The molecule has 0 heterocycles. The van der Waals surface area contributed by atoms with E-state index in [2.05, 4.69) is 0 Å². The van der Waals surface area contributed by atoms with Gasteiger partial charge in [0, 0.05) is 0 Å². The van der Waals surface area contributed by atoms with Crippen LogP contribution in [0.3, 0.4) is 0 Å². The Labute approximate surface area is 107 Å². The monoisotopic (exact) mass is 258 g/mol. The highest BCUT2D eigenvalue weighted by atomic mass is 16.5. The summed E-state index contributed by atoms with van der Waals surface area (Å²) in [7, 11) is 0. The average molecular weight is 258 g/mol. The molecule has 0 fully saturated rings. The molecule has 6 nitrogen and oxygen atoms in total. The Morgan fingerprint density at radius 2 is 1.72 bits per heavy atom. The summed E-state index contributed by atoms with van der Waals surface area (Å²) in [6.45, 7) is 9.11. The highest BCUT2D eigenvalue weighted by Crippen LogP contribution is 2.20. The van der Waals surface area contributed by atoms with Crippen LogP contribution in [0.25, 0.3) is 0 Å². The van der Waals surface area contributed by atoms with E-state index >= 15 is 0 Å². The zero-order valence-electron chi connectivity index (χ0n) is 11.6. The van der Waals surface area contributed by atoms with Gasteiger partial charge in [0.25, 0.3) is 5.91 Å². The van der Waals surface area contributed by atoms with E-state index in [0.717, 1.165) is 0 Å². The minimum atomic E-state index is -1.01. The Morgan fingerprint density at radius 1 is 1.22 bits per heavy atom.